The highest BCUT2D eigenvalue weighted by molar-refractivity contribution is 7.90. The number of alkyl carbamates (subject to hydrolysis) is 2. The van der Waals surface area contributed by atoms with Crippen LogP contribution in [-0.4, -0.2) is 153 Å². The lowest BCUT2D eigenvalue weighted by atomic mass is 9.55. The van der Waals surface area contributed by atoms with Gasteiger partial charge in [0.2, 0.25) is 41.4 Å². The first-order valence-corrected chi connectivity index (χ1v) is 27.0. The number of nitrogens with one attached hydrogen (secondary N) is 9. The number of ether oxygens (including phenoxy) is 2. The van der Waals surface area contributed by atoms with Gasteiger partial charge in [0.25, 0.3) is 10.0 Å². The summed E-state index contributed by atoms with van der Waals surface area (Å²) in [4.78, 5) is 119. The van der Waals surface area contributed by atoms with Crippen LogP contribution in [0.2, 0.25) is 0 Å². The number of unbranched alkanes of at least 4 members (excludes halogenated alkanes) is 1. The Kier molecular flexibility index (Phi) is 23.1. The minimum absolute atomic E-state index is 0.0270. The highest BCUT2D eigenvalue weighted by Crippen LogP contribution is 2.54. The van der Waals surface area contributed by atoms with Gasteiger partial charge >= 0.3 is 18.2 Å². The van der Waals surface area contributed by atoms with Crippen LogP contribution in [0.4, 0.5) is 9.59 Å². The van der Waals surface area contributed by atoms with E-state index in [1.165, 1.54) is 13.3 Å². The second-order valence-electron chi connectivity index (χ2n) is 20.9. The van der Waals surface area contributed by atoms with Crippen LogP contribution in [0.3, 0.4) is 0 Å². The van der Waals surface area contributed by atoms with Crippen molar-refractivity contribution in [2.45, 2.75) is 154 Å². The highest BCUT2D eigenvalue weighted by Gasteiger charge is 2.50. The number of amides is 8. The van der Waals surface area contributed by atoms with Gasteiger partial charge < -0.3 is 68.0 Å². The van der Waals surface area contributed by atoms with Crippen molar-refractivity contribution in [1.29, 1.82) is 0 Å². The Bertz CT molecular complexity index is 2380. The highest BCUT2D eigenvalue weighted by atomic mass is 32.2. The Balaban J connectivity index is 1.33. The molecular weight excluding hydrogens is 1010 g/mol. The van der Waals surface area contributed by atoms with Crippen LogP contribution in [-0.2, 0) is 53.1 Å². The molecule has 4 aliphatic rings. The monoisotopic (exact) mass is 1090 g/mol. The molecule has 1 aromatic carbocycles. The number of nitrogens with two attached hydrogens (primary N) is 1. The molecule has 13 N–H and O–H groups in total. The molecule has 0 radical (unpaired) electrons. The SMILES string of the molecule is Cc1cc(C)c(S(=O)(=O)NC(N)=NCCC[C@H](NC(=O)CNC(=O)[C@@H](NC(=O)[C@H](CCCCNC(=O)OC2C3CC4CC(C3)CC2C4)NC(=O)CNC(=O)CNC(=O)OC(C)(C)C)[C@@H](C)O)C(=O)NCC(=O)O)c(C)c1. The number of aliphatic hydroxyl groups excluding tert-OH is 1. The third-order valence-corrected chi connectivity index (χ3v) is 14.7. The molecule has 0 aromatic heterocycles. The Morgan fingerprint density at radius 2 is 1.24 bits per heavy atom. The number of carbonyl (C=O) groups is 9. The summed E-state index contributed by atoms with van der Waals surface area (Å²) >= 11 is 0. The maximum absolute atomic E-state index is 13.8. The normalized spacial score (nSPS) is 20.3. The van der Waals surface area contributed by atoms with Crippen molar-refractivity contribution in [3.8, 4) is 0 Å². The summed E-state index contributed by atoms with van der Waals surface area (Å²) in [5.41, 5.74) is 6.91. The van der Waals surface area contributed by atoms with E-state index >= 15 is 0 Å². The molecule has 4 bridgehead atoms. The zero-order chi connectivity index (χ0) is 56.5. The summed E-state index contributed by atoms with van der Waals surface area (Å²) in [7, 11) is -4.12. The number of benzene rings is 1. The molecule has 26 nitrogen and oxygen atoms in total. The van der Waals surface area contributed by atoms with Crippen LogP contribution < -0.4 is 53.0 Å². The number of nitrogens with zero attached hydrogens (tertiary/aromatic N) is 1. The number of carbonyl (C=O) groups excluding carboxylic acids is 8. The van der Waals surface area contributed by atoms with Crippen molar-refractivity contribution in [3.63, 3.8) is 0 Å². The summed E-state index contributed by atoms with van der Waals surface area (Å²) in [6.07, 6.45) is 2.88. The molecule has 5 rings (SSSR count). The Morgan fingerprint density at radius 1 is 0.697 bits per heavy atom. The van der Waals surface area contributed by atoms with Crippen LogP contribution in [0, 0.1) is 44.4 Å². The number of hydrogen-bond acceptors (Lipinski definition) is 15. The second kappa shape index (κ2) is 28.4. The number of hydrogen-bond donors (Lipinski definition) is 12. The quantitative estimate of drug-likeness (QED) is 0.0300. The molecule has 0 aliphatic heterocycles. The van der Waals surface area contributed by atoms with E-state index in [1.54, 1.807) is 46.8 Å². The topological polar surface area (TPSA) is 393 Å². The fraction of sp³-hybridized carbons (Fsp3) is 0.673. The number of aliphatic hydroxyl groups is 1. The molecule has 0 saturated heterocycles. The first-order valence-electron chi connectivity index (χ1n) is 25.5. The lowest BCUT2D eigenvalue weighted by Crippen LogP contribution is -2.58. The summed E-state index contributed by atoms with van der Waals surface area (Å²) in [6.45, 7) is 8.48. The third kappa shape index (κ3) is 20.4. The molecule has 0 unspecified atom stereocenters. The Hall–Kier alpha value is -6.77. The van der Waals surface area contributed by atoms with Crippen molar-refractivity contribution in [1.82, 2.24) is 47.3 Å². The van der Waals surface area contributed by atoms with E-state index in [2.05, 4.69) is 52.2 Å². The summed E-state index contributed by atoms with van der Waals surface area (Å²) in [5.74, 6) is -5.09. The van der Waals surface area contributed by atoms with Gasteiger partial charge in [-0.25, -0.2) is 22.7 Å². The predicted molar refractivity (Wildman–Crippen MR) is 274 cm³/mol. The number of aliphatic imine (C=N–C) groups is 1. The van der Waals surface area contributed by atoms with Gasteiger partial charge in [-0.1, -0.05) is 17.7 Å². The number of aryl methyl sites for hydroxylation is 3. The van der Waals surface area contributed by atoms with E-state index < -0.39 is 126 Å². The average Bonchev–Trinajstić information content (AvgIpc) is 3.30. The van der Waals surface area contributed by atoms with E-state index in [9.17, 15) is 56.7 Å². The number of rotatable bonds is 27. The number of carboxylic acids is 1. The molecule has 424 valence electrons. The predicted octanol–water partition coefficient (Wildman–Crippen LogP) is -0.501. The third-order valence-electron chi connectivity index (χ3n) is 13.1. The number of carboxylic acid groups (broad SMARTS) is 1. The van der Waals surface area contributed by atoms with Crippen LogP contribution in [0.5, 0.6) is 0 Å². The van der Waals surface area contributed by atoms with Gasteiger partial charge in [-0.3, -0.25) is 38.6 Å². The lowest BCUT2D eigenvalue weighted by molar-refractivity contribution is -0.138. The maximum Gasteiger partial charge on any atom is 0.408 e. The van der Waals surface area contributed by atoms with Gasteiger partial charge in [0.05, 0.1) is 24.1 Å². The van der Waals surface area contributed by atoms with Gasteiger partial charge in [0, 0.05) is 13.1 Å². The van der Waals surface area contributed by atoms with Crippen LogP contribution in [0.1, 0.15) is 109 Å². The molecule has 0 heterocycles. The summed E-state index contributed by atoms with van der Waals surface area (Å²) < 4.78 is 39.4. The van der Waals surface area contributed by atoms with Crippen molar-refractivity contribution < 1.29 is 71.3 Å². The standard InChI is InChI=1S/C49H77N11O15S/c1-26-15-27(2)42(28(3)16-26)76(72,73)60-46(50)51-14-10-12-34(43(67)55-25-39(65)66)57-38(64)24-54-45(69)40(29(4)61)59-44(68)35(58-37(63)23-53-36(62)22-56-48(71)75-49(5,6)7)11-8-9-13-52-47(70)74-41-32-18-30-17-31(20-32)21-33(41)19-30/h15-16,29-35,40-41,61H,8-14,17-25H2,1-7H3,(H,52,70)(H,53,62)(H,54,69)(H,55,67)(H,56,71)(H,57,64)(H,58,63)(H,59,68)(H,65,66)(H3,50,51,60)/t29-,30?,31?,32?,33?,34+,35+,40+,41?/m1/s1. The molecule has 1 aromatic rings. The molecule has 27 heteroatoms. The Labute approximate surface area is 442 Å². The van der Waals surface area contributed by atoms with Crippen molar-refractivity contribution in [2.24, 2.45) is 34.4 Å². The molecule has 4 saturated carbocycles. The molecule has 8 amide bonds. The van der Waals surface area contributed by atoms with Gasteiger partial charge in [0.1, 0.15) is 42.9 Å². The largest absolute Gasteiger partial charge is 0.480 e. The fourth-order valence-electron chi connectivity index (χ4n) is 10.2. The fourth-order valence-corrected chi connectivity index (χ4v) is 11.6. The minimum Gasteiger partial charge on any atom is -0.480 e. The zero-order valence-electron chi connectivity index (χ0n) is 44.3. The molecule has 4 atom stereocenters. The van der Waals surface area contributed by atoms with Crippen LogP contribution in [0.15, 0.2) is 22.0 Å². The van der Waals surface area contributed by atoms with Crippen molar-refractivity contribution in [2.75, 3.05) is 39.3 Å². The van der Waals surface area contributed by atoms with Crippen molar-refractivity contribution >= 4 is 69.6 Å². The van der Waals surface area contributed by atoms with Crippen LogP contribution >= 0.6 is 0 Å². The van der Waals surface area contributed by atoms with Gasteiger partial charge in [0.15, 0.2) is 0 Å². The molecule has 4 aliphatic carbocycles. The van der Waals surface area contributed by atoms with Gasteiger partial charge in [-0.15, -0.1) is 0 Å². The second-order valence-corrected chi connectivity index (χ2v) is 22.5. The van der Waals surface area contributed by atoms with E-state index in [0.717, 1.165) is 31.2 Å². The van der Waals surface area contributed by atoms with E-state index in [1.807, 2.05) is 6.92 Å². The number of guanidine groups is 1. The smallest absolute Gasteiger partial charge is 0.408 e. The molecule has 76 heavy (non-hydrogen) atoms. The van der Waals surface area contributed by atoms with E-state index in [-0.39, 0.29) is 49.8 Å². The van der Waals surface area contributed by atoms with E-state index in [0.29, 0.717) is 41.2 Å². The summed E-state index contributed by atoms with van der Waals surface area (Å²) in [5, 5.41) is 38.8. The number of aliphatic carboxylic acids is 1. The van der Waals surface area contributed by atoms with Gasteiger partial charge in [-0.05, 0) is 147 Å². The molecule has 0 spiro atoms. The minimum atomic E-state index is -4.12. The molecular formula is C49H77N11O15S. The molecule has 4 fully saturated rings. The van der Waals surface area contributed by atoms with Crippen LogP contribution in [0.25, 0.3) is 0 Å². The lowest BCUT2D eigenvalue weighted by Gasteiger charge is -2.53. The maximum atomic E-state index is 13.8. The van der Waals surface area contributed by atoms with Gasteiger partial charge in [-0.2, -0.15) is 0 Å². The number of sulfonamides is 1. The first-order chi connectivity index (χ1) is 35.6. The summed E-state index contributed by atoms with van der Waals surface area (Å²) in [6, 6.07) is -1.03. The zero-order valence-corrected chi connectivity index (χ0v) is 45.1. The average molecular weight is 1090 g/mol. The van der Waals surface area contributed by atoms with Crippen molar-refractivity contribution in [3.05, 3.63) is 28.8 Å². The van der Waals surface area contributed by atoms with E-state index in [4.69, 9.17) is 20.3 Å². The first kappa shape index (κ1) is 61.8. The Morgan fingerprint density at radius 3 is 1.80 bits per heavy atom.